The third kappa shape index (κ3) is 5.46. The van der Waals surface area contributed by atoms with Crippen LogP contribution >= 0.6 is 11.3 Å². The monoisotopic (exact) mass is 339 g/mol. The molecule has 0 saturated carbocycles. The number of hydrogen-bond donors (Lipinski definition) is 1. The zero-order chi connectivity index (χ0) is 17.0. The van der Waals surface area contributed by atoms with Crippen LogP contribution in [0, 0.1) is 6.92 Å². The number of likely N-dealkylation sites (tertiary alicyclic amines) is 1. The second kappa shape index (κ2) is 7.62. The van der Waals surface area contributed by atoms with E-state index in [1.807, 2.05) is 38.1 Å². The molecule has 1 aliphatic rings. The molecule has 23 heavy (non-hydrogen) atoms. The van der Waals surface area contributed by atoms with E-state index in [1.165, 1.54) is 4.88 Å². The summed E-state index contributed by atoms with van der Waals surface area (Å²) in [4.78, 5) is 19.8. The van der Waals surface area contributed by atoms with E-state index < -0.39 is 5.60 Å². The predicted molar refractivity (Wildman–Crippen MR) is 93.7 cm³/mol. The van der Waals surface area contributed by atoms with Gasteiger partial charge in [0.2, 0.25) is 0 Å². The Labute approximate surface area is 143 Å². The van der Waals surface area contributed by atoms with E-state index in [-0.39, 0.29) is 12.1 Å². The van der Waals surface area contributed by atoms with Crippen molar-refractivity contribution in [2.75, 3.05) is 6.54 Å². The summed E-state index contributed by atoms with van der Waals surface area (Å²) in [6.45, 7) is 11.6. The van der Waals surface area contributed by atoms with Gasteiger partial charge < -0.3 is 15.0 Å². The van der Waals surface area contributed by atoms with Crippen LogP contribution in [0.1, 0.15) is 57.5 Å². The third-order valence-electron chi connectivity index (χ3n) is 4.09. The van der Waals surface area contributed by atoms with E-state index in [0.717, 1.165) is 38.0 Å². The van der Waals surface area contributed by atoms with Crippen molar-refractivity contribution in [3.63, 3.8) is 0 Å². The van der Waals surface area contributed by atoms with Gasteiger partial charge in [-0.25, -0.2) is 9.78 Å². The van der Waals surface area contributed by atoms with E-state index >= 15 is 0 Å². The van der Waals surface area contributed by atoms with Crippen molar-refractivity contribution >= 4 is 17.4 Å². The van der Waals surface area contributed by atoms with Gasteiger partial charge in [-0.2, -0.15) is 0 Å². The summed E-state index contributed by atoms with van der Waals surface area (Å²) in [5, 5.41) is 3.55. The lowest BCUT2D eigenvalue weighted by atomic mass is 10.1. The van der Waals surface area contributed by atoms with Crippen molar-refractivity contribution in [1.82, 2.24) is 15.2 Å². The molecular weight excluding hydrogens is 310 g/mol. The highest BCUT2D eigenvalue weighted by atomic mass is 32.1. The molecule has 5 nitrogen and oxygen atoms in total. The molecule has 130 valence electrons. The molecule has 0 aromatic carbocycles. The normalized spacial score (nSPS) is 19.9. The summed E-state index contributed by atoms with van der Waals surface area (Å²) in [6, 6.07) is 0.624. The molecule has 2 heterocycles. The lowest BCUT2D eigenvalue weighted by Gasteiger charge is -2.30. The molecule has 0 radical (unpaired) electrons. The number of rotatable bonds is 5. The van der Waals surface area contributed by atoms with Crippen LogP contribution in [0.2, 0.25) is 0 Å². The van der Waals surface area contributed by atoms with Crippen molar-refractivity contribution in [1.29, 1.82) is 0 Å². The Morgan fingerprint density at radius 2 is 2.30 bits per heavy atom. The Kier molecular flexibility index (Phi) is 6.03. The zero-order valence-electron chi connectivity index (χ0n) is 14.9. The van der Waals surface area contributed by atoms with Gasteiger partial charge in [-0.15, -0.1) is 11.3 Å². The van der Waals surface area contributed by atoms with Crippen molar-refractivity contribution in [3.05, 3.63) is 16.1 Å². The van der Waals surface area contributed by atoms with Crippen LogP contribution in [0.5, 0.6) is 0 Å². The van der Waals surface area contributed by atoms with E-state index in [9.17, 15) is 4.79 Å². The van der Waals surface area contributed by atoms with E-state index in [0.29, 0.717) is 6.04 Å². The standard InChI is InChI=1S/C17H29N3O2S/c1-12(18-10-15-13(2)19-11-23-15)9-14-7-6-8-20(14)16(21)22-17(3,4)5/h11-12,14,18H,6-10H2,1-5H3. The number of hydrogen-bond acceptors (Lipinski definition) is 5. The van der Waals surface area contributed by atoms with Gasteiger partial charge in [-0.3, -0.25) is 0 Å². The van der Waals surface area contributed by atoms with Crippen LogP contribution in [0.3, 0.4) is 0 Å². The largest absolute Gasteiger partial charge is 0.444 e. The van der Waals surface area contributed by atoms with Crippen LogP contribution in [0.25, 0.3) is 0 Å². The highest BCUT2D eigenvalue weighted by Crippen LogP contribution is 2.24. The molecule has 1 aromatic heterocycles. The molecule has 0 spiro atoms. The van der Waals surface area contributed by atoms with Crippen molar-refractivity contribution in [3.8, 4) is 0 Å². The fourth-order valence-electron chi connectivity index (χ4n) is 2.90. The first-order valence-electron chi connectivity index (χ1n) is 8.38. The van der Waals surface area contributed by atoms with Crippen LogP contribution < -0.4 is 5.32 Å². The summed E-state index contributed by atoms with van der Waals surface area (Å²) in [7, 11) is 0. The minimum Gasteiger partial charge on any atom is -0.444 e. The molecule has 2 unspecified atom stereocenters. The number of ether oxygens (including phenoxy) is 1. The maximum absolute atomic E-state index is 12.3. The number of amides is 1. The smallest absolute Gasteiger partial charge is 0.410 e. The Morgan fingerprint density at radius 3 is 2.91 bits per heavy atom. The van der Waals surface area contributed by atoms with Gasteiger partial charge in [0.05, 0.1) is 11.2 Å². The average Bonchev–Trinajstić information content (AvgIpc) is 3.03. The van der Waals surface area contributed by atoms with Gasteiger partial charge in [0.1, 0.15) is 5.60 Å². The zero-order valence-corrected chi connectivity index (χ0v) is 15.7. The molecule has 2 atom stereocenters. The highest BCUT2D eigenvalue weighted by molar-refractivity contribution is 7.09. The topological polar surface area (TPSA) is 54.5 Å². The molecule has 6 heteroatoms. The van der Waals surface area contributed by atoms with E-state index in [1.54, 1.807) is 11.3 Å². The number of aryl methyl sites for hydroxylation is 1. The van der Waals surface area contributed by atoms with E-state index in [2.05, 4.69) is 17.2 Å². The fourth-order valence-corrected chi connectivity index (χ4v) is 3.62. The van der Waals surface area contributed by atoms with Gasteiger partial charge in [0.15, 0.2) is 0 Å². The quantitative estimate of drug-likeness (QED) is 0.888. The van der Waals surface area contributed by atoms with Crippen molar-refractivity contribution in [2.45, 2.75) is 78.1 Å². The maximum atomic E-state index is 12.3. The first-order chi connectivity index (χ1) is 10.8. The SMILES string of the molecule is Cc1ncsc1CNC(C)CC1CCCN1C(=O)OC(C)(C)C. The Balaban J connectivity index is 1.83. The number of nitrogens with zero attached hydrogens (tertiary/aromatic N) is 2. The van der Waals surface area contributed by atoms with Crippen molar-refractivity contribution < 1.29 is 9.53 Å². The predicted octanol–water partition coefficient (Wildman–Crippen LogP) is 3.72. The van der Waals surface area contributed by atoms with Crippen molar-refractivity contribution in [2.24, 2.45) is 0 Å². The molecule has 1 aromatic rings. The first kappa shape index (κ1) is 18.2. The van der Waals surface area contributed by atoms with Gasteiger partial charge >= 0.3 is 6.09 Å². The summed E-state index contributed by atoms with van der Waals surface area (Å²) >= 11 is 1.69. The number of aromatic nitrogens is 1. The lowest BCUT2D eigenvalue weighted by Crippen LogP contribution is -2.42. The Hall–Kier alpha value is -1.14. The molecule has 1 N–H and O–H groups in total. The first-order valence-corrected chi connectivity index (χ1v) is 9.26. The molecule has 1 aliphatic heterocycles. The summed E-state index contributed by atoms with van der Waals surface area (Å²) < 4.78 is 5.53. The minimum atomic E-state index is -0.433. The number of carbonyl (C=O) groups excluding carboxylic acids is 1. The van der Waals surface area contributed by atoms with Gasteiger partial charge in [0.25, 0.3) is 0 Å². The van der Waals surface area contributed by atoms with Gasteiger partial charge in [0, 0.05) is 30.1 Å². The molecular formula is C17H29N3O2S. The van der Waals surface area contributed by atoms with Crippen LogP contribution in [0.4, 0.5) is 4.79 Å². The summed E-state index contributed by atoms with van der Waals surface area (Å²) in [6.07, 6.45) is 2.90. The van der Waals surface area contributed by atoms with Crippen LogP contribution in [-0.2, 0) is 11.3 Å². The third-order valence-corrected chi connectivity index (χ3v) is 5.02. The van der Waals surface area contributed by atoms with Gasteiger partial charge in [-0.05, 0) is 53.9 Å². The van der Waals surface area contributed by atoms with Gasteiger partial charge in [-0.1, -0.05) is 0 Å². The van der Waals surface area contributed by atoms with Crippen LogP contribution in [-0.4, -0.2) is 40.2 Å². The second-order valence-electron chi connectivity index (χ2n) is 7.35. The molecule has 0 aliphatic carbocycles. The second-order valence-corrected chi connectivity index (χ2v) is 8.29. The number of thiazole rings is 1. The minimum absolute atomic E-state index is 0.175. The average molecular weight is 340 g/mol. The summed E-state index contributed by atoms with van der Waals surface area (Å²) in [5.74, 6) is 0. The maximum Gasteiger partial charge on any atom is 0.410 e. The molecule has 0 bridgehead atoms. The highest BCUT2D eigenvalue weighted by Gasteiger charge is 2.32. The Morgan fingerprint density at radius 1 is 1.57 bits per heavy atom. The molecule has 2 rings (SSSR count). The molecule has 1 amide bonds. The number of carbonyl (C=O) groups is 1. The van der Waals surface area contributed by atoms with E-state index in [4.69, 9.17) is 4.74 Å². The molecule has 1 fully saturated rings. The molecule has 1 saturated heterocycles. The number of nitrogens with one attached hydrogen (secondary N) is 1. The lowest BCUT2D eigenvalue weighted by molar-refractivity contribution is 0.0214. The summed E-state index contributed by atoms with van der Waals surface area (Å²) in [5.41, 5.74) is 2.56. The van der Waals surface area contributed by atoms with Crippen LogP contribution in [0.15, 0.2) is 5.51 Å². The Bertz CT molecular complexity index is 524. The fraction of sp³-hybridized carbons (Fsp3) is 0.765.